The average molecular weight is 417 g/mol. The molecule has 2 bridgehead atoms. The summed E-state index contributed by atoms with van der Waals surface area (Å²) in [6.07, 6.45) is 2.67. The van der Waals surface area contributed by atoms with Crippen molar-refractivity contribution >= 4 is 0 Å². The molecule has 0 aliphatic carbocycles. The predicted molar refractivity (Wildman–Crippen MR) is 86.3 cm³/mol. The first kappa shape index (κ1) is 26.2. The van der Waals surface area contributed by atoms with Gasteiger partial charge in [0.25, 0.3) is 0 Å². The van der Waals surface area contributed by atoms with E-state index in [1.807, 2.05) is 0 Å². The first-order valence-corrected chi connectivity index (χ1v) is 8.71. The second-order valence-electron chi connectivity index (χ2n) is 6.26. The molecule has 23 heavy (non-hydrogen) atoms. The summed E-state index contributed by atoms with van der Waals surface area (Å²) in [4.78, 5) is 10.6. The van der Waals surface area contributed by atoms with Gasteiger partial charge in [0.2, 0.25) is 0 Å². The summed E-state index contributed by atoms with van der Waals surface area (Å²) < 4.78 is 0. The minimum absolute atomic E-state index is 0. The minimum Gasteiger partial charge on any atom is -1.00 e. The van der Waals surface area contributed by atoms with Gasteiger partial charge >= 0.3 is 17.1 Å². The summed E-state index contributed by atoms with van der Waals surface area (Å²) in [6, 6.07) is 0. The second-order valence-corrected chi connectivity index (χ2v) is 6.26. The Balaban J connectivity index is 0. The van der Waals surface area contributed by atoms with E-state index in [4.69, 9.17) is 0 Å². The Kier molecular flexibility index (Phi) is 17.3. The maximum absolute atomic E-state index is 2.69. The molecule has 2 rings (SSSR count). The Morgan fingerprint density at radius 1 is 0.522 bits per heavy atom. The normalized spacial score (nSPS) is 27.9. The molecule has 1 radical (unpaired) electrons. The van der Waals surface area contributed by atoms with Crippen LogP contribution in [0, 0.1) is 0 Å². The van der Waals surface area contributed by atoms with Crippen LogP contribution in [0.3, 0.4) is 0 Å². The van der Waals surface area contributed by atoms with E-state index in [-0.39, 0.29) is 41.9 Å². The summed E-state index contributed by atoms with van der Waals surface area (Å²) in [5.74, 6) is 0. The van der Waals surface area contributed by atoms with Crippen molar-refractivity contribution in [2.75, 3.05) is 78.5 Å². The molecule has 2 aliphatic rings. The van der Waals surface area contributed by atoms with E-state index in [0.29, 0.717) is 0 Å². The van der Waals surface area contributed by atoms with Gasteiger partial charge in [-0.1, -0.05) is 13.8 Å². The van der Waals surface area contributed by atoms with E-state index >= 15 is 0 Å². The van der Waals surface area contributed by atoms with E-state index in [2.05, 4.69) is 33.4 Å². The number of rotatable bonds is 2. The van der Waals surface area contributed by atoms with Crippen LogP contribution in [0.4, 0.5) is 0 Å². The van der Waals surface area contributed by atoms with Gasteiger partial charge in [-0.15, -0.1) is 0 Å². The second kappa shape index (κ2) is 15.2. The van der Waals surface area contributed by atoms with Gasteiger partial charge < -0.3 is 44.4 Å². The van der Waals surface area contributed by atoms with Crippen molar-refractivity contribution < 1.29 is 41.9 Å². The molecule has 2 unspecified atom stereocenters. The van der Waals surface area contributed by atoms with Crippen molar-refractivity contribution in [3.63, 3.8) is 0 Å². The van der Waals surface area contributed by atoms with Crippen LogP contribution >= 0.6 is 0 Å². The molecule has 0 amide bonds. The molecule has 0 aromatic carbocycles. The van der Waals surface area contributed by atoms with Gasteiger partial charge in [0.15, 0.2) is 0 Å². The van der Waals surface area contributed by atoms with Gasteiger partial charge in [-0.25, -0.2) is 0 Å². The molecule has 7 heteroatoms. The van der Waals surface area contributed by atoms with Gasteiger partial charge in [-0.2, -0.15) is 0 Å². The van der Waals surface area contributed by atoms with Gasteiger partial charge in [0, 0.05) is 39.3 Å². The fourth-order valence-corrected chi connectivity index (χ4v) is 3.41. The third kappa shape index (κ3) is 9.86. The van der Waals surface area contributed by atoms with Crippen LogP contribution < -0.4 is 24.8 Å². The molecule has 2 saturated heterocycles. The van der Waals surface area contributed by atoms with Crippen molar-refractivity contribution in [1.82, 2.24) is 19.6 Å². The molecule has 2 atom stereocenters. The molecule has 2 fully saturated rings. The zero-order valence-corrected chi connectivity index (χ0v) is 17.2. The number of halogens is 2. The minimum atomic E-state index is 0. The Hall–Kier alpha value is 0.939. The summed E-state index contributed by atoms with van der Waals surface area (Å²) in [5, 5.41) is 0. The molecular formula is C16H34Cl2CuN4. The van der Waals surface area contributed by atoms with Crippen LogP contribution in [0.2, 0.25) is 0 Å². The summed E-state index contributed by atoms with van der Waals surface area (Å²) in [6.45, 7) is 19.7. The molecular weight excluding hydrogens is 383 g/mol. The maximum Gasteiger partial charge on any atom is 2.00 e. The van der Waals surface area contributed by atoms with Crippen molar-refractivity contribution in [1.29, 1.82) is 0 Å². The number of likely N-dealkylation sites (N-methyl/N-ethyl adjacent to an activating group) is 2. The summed E-state index contributed by atoms with van der Waals surface area (Å²) >= 11 is 0. The van der Waals surface area contributed by atoms with E-state index in [1.165, 1.54) is 91.4 Å². The number of hydrogen-bond acceptors (Lipinski definition) is 4. The Morgan fingerprint density at radius 3 is 1.22 bits per heavy atom. The van der Waals surface area contributed by atoms with E-state index < -0.39 is 0 Å². The quantitative estimate of drug-likeness (QED) is 0.418. The molecule has 0 N–H and O–H groups in total. The largest absolute Gasteiger partial charge is 2.00 e. The molecule has 143 valence electrons. The smallest absolute Gasteiger partial charge is 1.00 e. The predicted octanol–water partition coefficient (Wildman–Crippen LogP) is -4.95. The Morgan fingerprint density at radius 2 is 0.870 bits per heavy atom. The van der Waals surface area contributed by atoms with Crippen LogP contribution in [0.5, 0.6) is 0 Å². The van der Waals surface area contributed by atoms with Crippen molar-refractivity contribution in [2.45, 2.75) is 26.7 Å². The van der Waals surface area contributed by atoms with E-state index in [9.17, 15) is 0 Å². The molecule has 4 nitrogen and oxygen atoms in total. The number of fused-ring (bicyclic) bond motifs is 3. The average Bonchev–Trinajstić information content (AvgIpc) is 2.49. The van der Waals surface area contributed by atoms with Crippen LogP contribution in [-0.2, 0) is 17.1 Å². The topological polar surface area (TPSA) is 13.0 Å². The van der Waals surface area contributed by atoms with Crippen LogP contribution in [0.1, 0.15) is 26.7 Å². The number of nitrogens with zero attached hydrogens (tertiary/aromatic N) is 4. The third-order valence-electron chi connectivity index (χ3n) is 4.99. The number of hydrogen-bond donors (Lipinski definition) is 0. The van der Waals surface area contributed by atoms with E-state index in [0.717, 1.165) is 0 Å². The third-order valence-corrected chi connectivity index (χ3v) is 4.99. The molecule has 0 aromatic rings. The summed E-state index contributed by atoms with van der Waals surface area (Å²) in [7, 11) is 0. The van der Waals surface area contributed by atoms with Gasteiger partial charge in [0.05, 0.1) is 0 Å². The van der Waals surface area contributed by atoms with Gasteiger partial charge in [-0.05, 0) is 52.1 Å². The Bertz CT molecular complexity index is 244. The van der Waals surface area contributed by atoms with Crippen molar-refractivity contribution in [3.05, 3.63) is 0 Å². The zero-order chi connectivity index (χ0) is 14.2. The van der Waals surface area contributed by atoms with Crippen molar-refractivity contribution in [3.8, 4) is 0 Å². The standard InChI is InChI=1S/C16H34N4.2ClH.Cu/c1-3-17-7-5-9-20-14-12-18(4-2)8-6-10-19(13-11-17)15-16-20;;;/h3-16H2,1-2H3;2*1H;/q;;;+2/p-2/i;;;1+0. The summed E-state index contributed by atoms with van der Waals surface area (Å²) in [5.41, 5.74) is 0. The molecule has 2 heterocycles. The zero-order valence-electron chi connectivity index (χ0n) is 14.7. The molecule has 0 spiro atoms. The SMILES string of the molecule is CCN1CCCN2CCN(CC)CCCN(CC1)CC2.[64Cu+2].[Cl-].[Cl-]. The molecule has 0 aromatic heterocycles. The fourth-order valence-electron chi connectivity index (χ4n) is 3.41. The Labute approximate surface area is 166 Å². The monoisotopic (exact) mass is 416 g/mol. The van der Waals surface area contributed by atoms with Crippen LogP contribution in [-0.4, -0.2) is 98.1 Å². The molecule has 0 saturated carbocycles. The maximum atomic E-state index is 2.69. The first-order valence-electron chi connectivity index (χ1n) is 8.71. The van der Waals surface area contributed by atoms with Gasteiger partial charge in [0.1, 0.15) is 0 Å². The van der Waals surface area contributed by atoms with Crippen LogP contribution in [0.15, 0.2) is 0 Å². The van der Waals surface area contributed by atoms with Gasteiger partial charge in [-0.3, -0.25) is 0 Å². The molecule has 2 aliphatic heterocycles. The first-order chi connectivity index (χ1) is 9.81. The fraction of sp³-hybridized carbons (Fsp3) is 1.00. The van der Waals surface area contributed by atoms with E-state index in [1.54, 1.807) is 0 Å². The van der Waals surface area contributed by atoms with Crippen LogP contribution in [0.25, 0.3) is 0 Å². The van der Waals surface area contributed by atoms with Crippen molar-refractivity contribution in [2.24, 2.45) is 0 Å².